The topological polar surface area (TPSA) is 93.0 Å². The van der Waals surface area contributed by atoms with Crippen molar-refractivity contribution in [3.05, 3.63) is 42.5 Å². The third-order valence-electron chi connectivity index (χ3n) is 5.76. The van der Waals surface area contributed by atoms with E-state index < -0.39 is 6.04 Å². The Morgan fingerprint density at radius 2 is 1.88 bits per heavy atom. The number of aryl methyl sites for hydroxylation is 1. The zero-order chi connectivity index (χ0) is 22.8. The first kappa shape index (κ1) is 21.5. The summed E-state index contributed by atoms with van der Waals surface area (Å²) < 4.78 is 2.24. The number of nitrogens with one attached hydrogen (secondary N) is 1. The molecule has 2 aromatic carbocycles. The summed E-state index contributed by atoms with van der Waals surface area (Å²) in [6.45, 7) is 4.47. The van der Waals surface area contributed by atoms with Gasteiger partial charge >= 0.3 is 0 Å². The molecule has 0 saturated carbocycles. The zero-order valence-electron chi connectivity index (χ0n) is 18.4. The first-order valence-electron chi connectivity index (χ1n) is 10.6. The fourth-order valence-electron chi connectivity index (χ4n) is 4.41. The van der Waals surface area contributed by atoms with Crippen LogP contribution in [-0.4, -0.2) is 52.5 Å². The molecule has 4 rings (SSSR count). The van der Waals surface area contributed by atoms with Crippen molar-refractivity contribution in [3.63, 3.8) is 0 Å². The van der Waals surface area contributed by atoms with Gasteiger partial charge in [-0.3, -0.25) is 14.4 Å². The fourth-order valence-corrected chi connectivity index (χ4v) is 4.41. The molecule has 1 N–H and O–H groups in total. The quantitative estimate of drug-likeness (QED) is 0.476. The largest absolute Gasteiger partial charge is 0.399 e. The summed E-state index contributed by atoms with van der Waals surface area (Å²) in [5.41, 5.74) is 3.48. The van der Waals surface area contributed by atoms with Gasteiger partial charge in [0.15, 0.2) is 0 Å². The molecular formula is C24H26N4O4. The van der Waals surface area contributed by atoms with Gasteiger partial charge in [0, 0.05) is 40.5 Å². The third kappa shape index (κ3) is 3.95. The second kappa shape index (κ2) is 8.82. The van der Waals surface area contributed by atoms with Crippen LogP contribution in [0.5, 0.6) is 0 Å². The summed E-state index contributed by atoms with van der Waals surface area (Å²) in [6, 6.07) is 13.3. The van der Waals surface area contributed by atoms with Crippen molar-refractivity contribution in [2.75, 3.05) is 19.0 Å². The highest BCUT2D eigenvalue weighted by molar-refractivity contribution is 6.11. The van der Waals surface area contributed by atoms with E-state index in [2.05, 4.69) is 34.1 Å². The Morgan fingerprint density at radius 3 is 2.59 bits per heavy atom. The van der Waals surface area contributed by atoms with E-state index in [1.807, 2.05) is 30.3 Å². The predicted molar refractivity (Wildman–Crippen MR) is 124 cm³/mol. The summed E-state index contributed by atoms with van der Waals surface area (Å²) in [5.74, 6) is -0.953. The fraction of sp³-hybridized carbons (Fsp3) is 0.333. The van der Waals surface area contributed by atoms with Gasteiger partial charge in [-0.1, -0.05) is 23.4 Å². The van der Waals surface area contributed by atoms with Crippen molar-refractivity contribution in [3.8, 4) is 0 Å². The molecule has 1 atom stereocenters. The van der Waals surface area contributed by atoms with Gasteiger partial charge in [-0.15, -0.1) is 0 Å². The Morgan fingerprint density at radius 1 is 1.12 bits per heavy atom. The first-order chi connectivity index (χ1) is 15.4. The van der Waals surface area contributed by atoms with E-state index in [0.717, 1.165) is 28.4 Å². The number of likely N-dealkylation sites (tertiary alicyclic amines) is 1. The minimum Gasteiger partial charge on any atom is -0.399 e. The van der Waals surface area contributed by atoms with E-state index in [1.165, 1.54) is 18.9 Å². The number of aromatic nitrogens is 1. The Bertz CT molecular complexity index is 1240. The van der Waals surface area contributed by atoms with Crippen LogP contribution in [-0.2, 0) is 25.8 Å². The number of carbonyl (C=O) groups is 3. The van der Waals surface area contributed by atoms with Gasteiger partial charge in [0.25, 0.3) is 0 Å². The summed E-state index contributed by atoms with van der Waals surface area (Å²) in [4.78, 5) is 43.4. The van der Waals surface area contributed by atoms with Gasteiger partial charge in [-0.25, -0.2) is 0 Å². The van der Waals surface area contributed by atoms with Crippen LogP contribution in [0.4, 0.5) is 5.69 Å². The molecule has 2 heterocycles. The van der Waals surface area contributed by atoms with E-state index in [0.29, 0.717) is 11.4 Å². The third-order valence-corrected chi connectivity index (χ3v) is 5.76. The molecule has 3 aromatic rings. The molecule has 0 spiro atoms. The second-order valence-electron chi connectivity index (χ2n) is 7.94. The zero-order valence-corrected chi connectivity index (χ0v) is 18.4. The van der Waals surface area contributed by atoms with Crippen LogP contribution in [0.2, 0.25) is 0 Å². The van der Waals surface area contributed by atoms with Gasteiger partial charge < -0.3 is 19.6 Å². The molecule has 32 heavy (non-hydrogen) atoms. The molecule has 0 unspecified atom stereocenters. The van der Waals surface area contributed by atoms with Crippen LogP contribution in [0.15, 0.2) is 47.6 Å². The average molecular weight is 434 g/mol. The van der Waals surface area contributed by atoms with E-state index in [1.54, 1.807) is 0 Å². The van der Waals surface area contributed by atoms with Crippen molar-refractivity contribution in [1.82, 2.24) is 9.47 Å². The Balaban J connectivity index is 1.63. The van der Waals surface area contributed by atoms with E-state index in [-0.39, 0.29) is 37.0 Å². The number of benzene rings is 2. The number of carbonyl (C=O) groups excluding carboxylic acids is 3. The van der Waals surface area contributed by atoms with Crippen molar-refractivity contribution in [1.29, 1.82) is 0 Å². The lowest BCUT2D eigenvalue weighted by Crippen LogP contribution is -2.43. The number of rotatable bonds is 6. The number of para-hydroxylation sites is 1. The van der Waals surface area contributed by atoms with Gasteiger partial charge in [0.1, 0.15) is 18.9 Å². The first-order valence-corrected chi connectivity index (χ1v) is 10.6. The van der Waals surface area contributed by atoms with E-state index >= 15 is 0 Å². The number of anilines is 1. The standard InChI is InChI=1S/C24H26N4O4/c1-4-27-20-8-6-5-7-18(20)19-12-16(9-10-21(19)27)25-24(31)22-13-17(26-32-3)14-28(22)23(30)11-15(2)29/h5-10,12,22H,4,11,13-14H2,1-3H3,(H,25,31)/t22-/m0/s1. The molecule has 0 bridgehead atoms. The monoisotopic (exact) mass is 434 g/mol. The molecule has 1 aliphatic heterocycles. The second-order valence-corrected chi connectivity index (χ2v) is 7.94. The summed E-state index contributed by atoms with van der Waals surface area (Å²) in [7, 11) is 1.42. The van der Waals surface area contributed by atoms with E-state index in [4.69, 9.17) is 4.84 Å². The molecule has 0 radical (unpaired) electrons. The summed E-state index contributed by atoms with van der Waals surface area (Å²) >= 11 is 0. The normalized spacial score (nSPS) is 17.3. The highest BCUT2D eigenvalue weighted by atomic mass is 16.6. The average Bonchev–Trinajstić information content (AvgIpc) is 3.33. The Kier molecular flexibility index (Phi) is 5.94. The van der Waals surface area contributed by atoms with Crippen LogP contribution in [0, 0.1) is 0 Å². The maximum atomic E-state index is 13.1. The highest BCUT2D eigenvalue weighted by Gasteiger charge is 2.38. The van der Waals surface area contributed by atoms with Crippen molar-refractivity contribution < 1.29 is 19.2 Å². The Labute approximate surface area is 185 Å². The lowest BCUT2D eigenvalue weighted by atomic mass is 10.1. The molecule has 166 valence electrons. The number of Topliss-reactive ketones (excluding diaryl/α,β-unsaturated/α-hetero) is 1. The number of oxime groups is 1. The lowest BCUT2D eigenvalue weighted by Gasteiger charge is -2.23. The smallest absolute Gasteiger partial charge is 0.247 e. The molecule has 8 heteroatoms. The maximum Gasteiger partial charge on any atom is 0.247 e. The summed E-state index contributed by atoms with van der Waals surface area (Å²) in [6.07, 6.45) is 0.0211. The molecule has 1 saturated heterocycles. The van der Waals surface area contributed by atoms with Gasteiger partial charge in [0.05, 0.1) is 18.7 Å². The highest BCUT2D eigenvalue weighted by Crippen LogP contribution is 2.31. The Hall–Kier alpha value is -3.68. The van der Waals surface area contributed by atoms with Gasteiger partial charge in [-0.05, 0) is 38.1 Å². The molecule has 0 aliphatic carbocycles. The minimum absolute atomic E-state index is 0.168. The van der Waals surface area contributed by atoms with Crippen LogP contribution in [0.1, 0.15) is 26.7 Å². The molecule has 8 nitrogen and oxygen atoms in total. The summed E-state index contributed by atoms with van der Waals surface area (Å²) in [5, 5.41) is 9.04. The van der Waals surface area contributed by atoms with Crippen molar-refractivity contribution in [2.45, 2.75) is 39.3 Å². The van der Waals surface area contributed by atoms with Crippen LogP contribution in [0.25, 0.3) is 21.8 Å². The lowest BCUT2D eigenvalue weighted by molar-refractivity contribution is -0.139. The number of hydrogen-bond donors (Lipinski definition) is 1. The van der Waals surface area contributed by atoms with Crippen LogP contribution in [0.3, 0.4) is 0 Å². The maximum absolute atomic E-state index is 13.1. The van der Waals surface area contributed by atoms with Gasteiger partial charge in [0.2, 0.25) is 11.8 Å². The van der Waals surface area contributed by atoms with Crippen LogP contribution >= 0.6 is 0 Å². The SMILES string of the molecule is CCn1c2ccccc2c2cc(NC(=O)[C@@H]3CC(=NOC)CN3C(=O)CC(C)=O)ccc21. The number of fused-ring (bicyclic) bond motifs is 3. The molecule has 1 aliphatic rings. The number of nitrogens with zero attached hydrogens (tertiary/aromatic N) is 3. The van der Waals surface area contributed by atoms with Crippen molar-refractivity contribution >= 4 is 50.8 Å². The molecular weight excluding hydrogens is 408 g/mol. The molecule has 1 aromatic heterocycles. The van der Waals surface area contributed by atoms with Gasteiger partial charge in [-0.2, -0.15) is 0 Å². The number of hydrogen-bond acceptors (Lipinski definition) is 5. The van der Waals surface area contributed by atoms with Crippen LogP contribution < -0.4 is 5.32 Å². The van der Waals surface area contributed by atoms with Crippen molar-refractivity contribution in [2.24, 2.45) is 5.16 Å². The van der Waals surface area contributed by atoms with E-state index in [9.17, 15) is 14.4 Å². The predicted octanol–water partition coefficient (Wildman–Crippen LogP) is 3.34. The molecule has 2 amide bonds. The minimum atomic E-state index is -0.747. The number of ketones is 1. The number of amides is 2. The molecule has 1 fully saturated rings.